The summed E-state index contributed by atoms with van der Waals surface area (Å²) in [5.41, 5.74) is -1.04. The molecule has 0 aliphatic rings. The van der Waals surface area contributed by atoms with E-state index in [0.29, 0.717) is 25.7 Å². The second-order valence-electron chi connectivity index (χ2n) is 4.95. The zero-order valence-corrected chi connectivity index (χ0v) is 12.2. The van der Waals surface area contributed by atoms with Gasteiger partial charge in [0.2, 0.25) is 0 Å². The van der Waals surface area contributed by atoms with Gasteiger partial charge in [0.15, 0.2) is 6.17 Å². The van der Waals surface area contributed by atoms with E-state index in [4.69, 9.17) is 9.79 Å². The molecule has 4 nitrogen and oxygen atoms in total. The smallest absolute Gasteiger partial charge is 0.303 e. The fourth-order valence-electron chi connectivity index (χ4n) is 2.40. The first-order valence-corrected chi connectivity index (χ1v) is 7.76. The van der Waals surface area contributed by atoms with E-state index in [1.807, 2.05) is 0 Å². The lowest BCUT2D eigenvalue weighted by atomic mass is 9.75. The fourth-order valence-corrected chi connectivity index (χ4v) is 3.07. The quantitative estimate of drug-likeness (QED) is 0.638. The lowest BCUT2D eigenvalue weighted by molar-refractivity contribution is -0.0846. The molecule has 0 aliphatic heterocycles. The predicted octanol–water partition coefficient (Wildman–Crippen LogP) is 3.67. The van der Waals surface area contributed by atoms with Crippen LogP contribution in [0, 0.1) is 5.41 Å². The van der Waals surface area contributed by atoms with E-state index in [9.17, 15) is 17.7 Å². The molecule has 0 rings (SSSR count). The van der Waals surface area contributed by atoms with Crippen LogP contribution in [0.2, 0.25) is 0 Å². The van der Waals surface area contributed by atoms with Gasteiger partial charge in [0.05, 0.1) is 0 Å². The molecule has 0 bridgehead atoms. The van der Waals surface area contributed by atoms with E-state index in [1.54, 1.807) is 13.8 Å². The highest BCUT2D eigenvalue weighted by Gasteiger charge is 2.46. The molecule has 2 atom stereocenters. The minimum absolute atomic E-state index is 0.346. The lowest BCUT2D eigenvalue weighted by Crippen LogP contribution is -2.44. The normalized spacial score (nSPS) is 16.7. The summed E-state index contributed by atoms with van der Waals surface area (Å²) in [6.07, 6.45) is -6.05. The zero-order valence-electron chi connectivity index (χ0n) is 11.4. The Kier molecular flexibility index (Phi) is 7.58. The van der Waals surface area contributed by atoms with Crippen LogP contribution in [0.3, 0.4) is 0 Å². The summed E-state index contributed by atoms with van der Waals surface area (Å²) in [6.45, 7) is 5.10. The van der Waals surface area contributed by atoms with Crippen LogP contribution in [0.1, 0.15) is 46.5 Å². The predicted molar refractivity (Wildman–Crippen MR) is 65.7 cm³/mol. The Hall–Kier alpha value is -0.100. The molecule has 116 valence electrons. The van der Waals surface area contributed by atoms with Crippen molar-refractivity contribution < 1.29 is 32.0 Å². The molecule has 0 aliphatic carbocycles. The summed E-state index contributed by atoms with van der Waals surface area (Å²) >= 11 is 0. The van der Waals surface area contributed by atoms with Gasteiger partial charge in [-0.15, -0.1) is 0 Å². The molecule has 0 amide bonds. The van der Waals surface area contributed by atoms with Gasteiger partial charge >= 0.3 is 7.82 Å². The Labute approximate surface area is 111 Å². The molecule has 2 N–H and O–H groups in total. The van der Waals surface area contributed by atoms with Crippen molar-refractivity contribution in [1.82, 2.24) is 0 Å². The second kappa shape index (κ2) is 7.62. The Morgan fingerprint density at radius 1 is 1.16 bits per heavy atom. The highest BCUT2D eigenvalue weighted by Crippen LogP contribution is 2.47. The topological polar surface area (TPSA) is 66.8 Å². The molecule has 2 unspecified atom stereocenters. The molecule has 0 saturated heterocycles. The Bertz CT molecular complexity index is 302. The highest BCUT2D eigenvalue weighted by atomic mass is 31.2. The van der Waals surface area contributed by atoms with Gasteiger partial charge in [-0.2, -0.15) is 0 Å². The van der Waals surface area contributed by atoms with E-state index in [0.717, 1.165) is 0 Å². The van der Waals surface area contributed by atoms with Gasteiger partial charge in [-0.25, -0.2) is 17.7 Å². The van der Waals surface area contributed by atoms with Crippen molar-refractivity contribution >= 4 is 7.82 Å². The third-order valence-electron chi connectivity index (χ3n) is 3.11. The zero-order chi connectivity index (χ0) is 15.3. The summed E-state index contributed by atoms with van der Waals surface area (Å²) in [7, 11) is -5.03. The molecule has 0 aromatic heterocycles. The summed E-state index contributed by atoms with van der Waals surface area (Å²) in [5, 5.41) is 0. The largest absolute Gasteiger partial charge is 0.469 e. The van der Waals surface area contributed by atoms with E-state index < -0.39 is 31.9 Å². The van der Waals surface area contributed by atoms with Crippen LogP contribution in [0.15, 0.2) is 0 Å². The second-order valence-corrected chi connectivity index (χ2v) is 6.14. The van der Waals surface area contributed by atoms with Crippen molar-refractivity contribution in [3.8, 4) is 0 Å². The molecule has 0 aromatic carbocycles. The first-order chi connectivity index (χ1) is 8.57. The van der Waals surface area contributed by atoms with Crippen molar-refractivity contribution in [3.63, 3.8) is 0 Å². The molecule has 0 heterocycles. The number of hydrogen-bond acceptors (Lipinski definition) is 2. The van der Waals surface area contributed by atoms with Crippen LogP contribution in [0.25, 0.3) is 0 Å². The molecule has 0 spiro atoms. The average molecular weight is 306 g/mol. The maximum atomic E-state index is 13.6. The monoisotopic (exact) mass is 306 g/mol. The number of hydrogen-bond donors (Lipinski definition) is 2. The third kappa shape index (κ3) is 6.25. The van der Waals surface area contributed by atoms with Crippen molar-refractivity contribution in [2.75, 3.05) is 0 Å². The van der Waals surface area contributed by atoms with Gasteiger partial charge < -0.3 is 9.79 Å². The minimum atomic E-state index is -5.03. The van der Waals surface area contributed by atoms with Crippen LogP contribution in [-0.2, 0) is 9.09 Å². The molecule has 0 saturated carbocycles. The minimum Gasteiger partial charge on any atom is -0.303 e. The van der Waals surface area contributed by atoms with Crippen molar-refractivity contribution in [3.05, 3.63) is 0 Å². The number of rotatable bonds is 9. The lowest BCUT2D eigenvalue weighted by Gasteiger charge is -2.38. The van der Waals surface area contributed by atoms with Crippen LogP contribution in [0.5, 0.6) is 0 Å². The number of halogens is 3. The molecular weight excluding hydrogens is 284 g/mol. The number of alkyl halides is 3. The fraction of sp³-hybridized carbons (Fsp3) is 1.00. The molecule has 0 aromatic rings. The van der Waals surface area contributed by atoms with Gasteiger partial charge in [0.25, 0.3) is 6.43 Å². The van der Waals surface area contributed by atoms with Crippen LogP contribution >= 0.6 is 7.82 Å². The van der Waals surface area contributed by atoms with E-state index >= 15 is 0 Å². The number of phosphoric acid groups is 1. The van der Waals surface area contributed by atoms with E-state index in [-0.39, 0.29) is 0 Å². The van der Waals surface area contributed by atoms with Crippen LogP contribution in [0.4, 0.5) is 13.2 Å². The van der Waals surface area contributed by atoms with Crippen LogP contribution < -0.4 is 0 Å². The van der Waals surface area contributed by atoms with Crippen molar-refractivity contribution in [1.29, 1.82) is 0 Å². The average Bonchev–Trinajstić information content (AvgIpc) is 2.24. The van der Waals surface area contributed by atoms with E-state index in [2.05, 4.69) is 4.52 Å². The summed E-state index contributed by atoms with van der Waals surface area (Å²) < 4.78 is 54.0. The highest BCUT2D eigenvalue weighted by molar-refractivity contribution is 7.46. The summed E-state index contributed by atoms with van der Waals surface area (Å²) in [5.74, 6) is 0. The summed E-state index contributed by atoms with van der Waals surface area (Å²) in [6, 6.07) is 0. The molecule has 8 heteroatoms. The van der Waals surface area contributed by atoms with E-state index in [1.165, 1.54) is 6.92 Å². The molecular formula is C11H22F3O4P. The van der Waals surface area contributed by atoms with Gasteiger partial charge in [0.1, 0.15) is 6.10 Å². The molecule has 0 fully saturated rings. The SMILES string of the molecule is CCCC(C)(CCC)C(OP(=O)(O)O)C(F)C(F)F. The van der Waals surface area contributed by atoms with Gasteiger partial charge in [0, 0.05) is 0 Å². The molecule has 19 heavy (non-hydrogen) atoms. The Morgan fingerprint density at radius 3 is 1.84 bits per heavy atom. The molecule has 0 radical (unpaired) electrons. The third-order valence-corrected chi connectivity index (χ3v) is 3.61. The van der Waals surface area contributed by atoms with Gasteiger partial charge in [-0.3, -0.25) is 4.52 Å². The Morgan fingerprint density at radius 2 is 1.58 bits per heavy atom. The van der Waals surface area contributed by atoms with Crippen LogP contribution in [-0.4, -0.2) is 28.5 Å². The Balaban J connectivity index is 5.32. The first-order valence-electron chi connectivity index (χ1n) is 6.23. The van der Waals surface area contributed by atoms with Gasteiger partial charge in [-0.05, 0) is 18.3 Å². The first kappa shape index (κ1) is 18.9. The standard InChI is InChI=1S/C11H22F3O4P/c1-4-6-11(3,7-5-2)9(8(12)10(13)14)18-19(15,16)17/h8-10H,4-7H2,1-3H3,(H2,15,16,17). The summed E-state index contributed by atoms with van der Waals surface area (Å²) in [4.78, 5) is 17.6. The van der Waals surface area contributed by atoms with Crippen molar-refractivity contribution in [2.45, 2.75) is 65.2 Å². The maximum Gasteiger partial charge on any atom is 0.469 e. The van der Waals surface area contributed by atoms with Gasteiger partial charge in [-0.1, -0.05) is 33.6 Å². The number of phosphoric ester groups is 1. The van der Waals surface area contributed by atoms with Crippen molar-refractivity contribution in [2.24, 2.45) is 5.41 Å². The maximum absolute atomic E-state index is 13.6.